The molecule has 10 aromatic rings. The third kappa shape index (κ3) is 5.42. The second kappa shape index (κ2) is 13.9. The van der Waals surface area contributed by atoms with Gasteiger partial charge in [0.25, 0.3) is 6.71 Å². The van der Waals surface area contributed by atoms with Crippen molar-refractivity contribution in [1.29, 1.82) is 0 Å². The second-order valence-corrected chi connectivity index (χ2v) is 15.3. The Balaban J connectivity index is 1.11. The fourth-order valence-electron chi connectivity index (χ4n) is 9.28. The van der Waals surface area contributed by atoms with Crippen molar-refractivity contribution in [3.8, 4) is 28.7 Å². The predicted octanol–water partition coefficient (Wildman–Crippen LogP) is 12.5. The van der Waals surface area contributed by atoms with E-state index >= 15 is 0 Å². The Morgan fingerprint density at radius 3 is 1.33 bits per heavy atom. The third-order valence-electron chi connectivity index (χ3n) is 11.8. The third-order valence-corrected chi connectivity index (χ3v) is 11.8. The molecular weight excluding hydrogens is 733 g/mol. The molecule has 3 heterocycles. The lowest BCUT2D eigenvalue weighted by atomic mass is 9.34. The number of nitrogens with zero attached hydrogens (tertiary/aromatic N) is 3. The van der Waals surface area contributed by atoms with Crippen LogP contribution >= 0.6 is 0 Å². The molecule has 5 nitrogen and oxygen atoms in total. The monoisotopic (exact) mass is 769 g/mol. The lowest BCUT2D eigenvalue weighted by Crippen LogP contribution is -2.57. The number of rotatable bonds is 7. The van der Waals surface area contributed by atoms with Crippen LogP contribution in [0.25, 0.3) is 27.5 Å². The minimum atomic E-state index is -0.152. The van der Waals surface area contributed by atoms with Gasteiger partial charge >= 0.3 is 0 Å². The Kier molecular flexibility index (Phi) is 7.88. The van der Waals surface area contributed by atoms with Gasteiger partial charge in [-0.15, -0.1) is 0 Å². The molecule has 9 aromatic carbocycles. The van der Waals surface area contributed by atoms with E-state index in [1.54, 1.807) is 0 Å². The van der Waals surface area contributed by atoms with Crippen LogP contribution in [0.2, 0.25) is 0 Å². The van der Waals surface area contributed by atoms with Gasteiger partial charge < -0.3 is 23.8 Å². The summed E-state index contributed by atoms with van der Waals surface area (Å²) in [6, 6.07) is 76.9. The Morgan fingerprint density at radius 2 is 0.817 bits per heavy atom. The van der Waals surface area contributed by atoms with Crippen molar-refractivity contribution in [1.82, 2.24) is 4.57 Å². The van der Waals surface area contributed by atoms with Gasteiger partial charge in [-0.2, -0.15) is 0 Å². The lowest BCUT2D eigenvalue weighted by Gasteiger charge is -2.35. The number of ether oxygens (including phenoxy) is 2. The number of hydrogen-bond donors (Lipinski definition) is 0. The van der Waals surface area contributed by atoms with Gasteiger partial charge in [-0.05, 0) is 95.9 Å². The summed E-state index contributed by atoms with van der Waals surface area (Å²) in [5.41, 5.74) is 12.7. The number of hydrogen-bond acceptors (Lipinski definition) is 4. The van der Waals surface area contributed by atoms with E-state index < -0.39 is 0 Å². The molecule has 0 aliphatic carbocycles. The summed E-state index contributed by atoms with van der Waals surface area (Å²) in [5.74, 6) is 3.26. The van der Waals surface area contributed by atoms with Crippen LogP contribution in [-0.4, -0.2) is 11.3 Å². The summed E-state index contributed by atoms with van der Waals surface area (Å²) >= 11 is 0. The van der Waals surface area contributed by atoms with E-state index in [9.17, 15) is 0 Å². The minimum Gasteiger partial charge on any atom is -0.458 e. The predicted molar refractivity (Wildman–Crippen MR) is 248 cm³/mol. The molecule has 0 spiro atoms. The van der Waals surface area contributed by atoms with Gasteiger partial charge in [0.15, 0.2) is 5.75 Å². The second-order valence-electron chi connectivity index (χ2n) is 15.3. The first-order valence-electron chi connectivity index (χ1n) is 20.4. The number of benzene rings is 9. The van der Waals surface area contributed by atoms with Gasteiger partial charge in [-0.25, -0.2) is 0 Å². The van der Waals surface area contributed by atoms with Gasteiger partial charge in [0.1, 0.15) is 17.2 Å². The summed E-state index contributed by atoms with van der Waals surface area (Å²) in [6.07, 6.45) is 0. The van der Waals surface area contributed by atoms with Crippen molar-refractivity contribution in [2.75, 3.05) is 9.80 Å². The van der Waals surface area contributed by atoms with Crippen LogP contribution in [0, 0.1) is 0 Å². The fraction of sp³-hybridized carbons (Fsp3) is 0. The van der Waals surface area contributed by atoms with Crippen LogP contribution in [0.5, 0.6) is 23.0 Å². The lowest BCUT2D eigenvalue weighted by molar-refractivity contribution is 0.468. The highest BCUT2D eigenvalue weighted by Gasteiger charge is 2.42. The minimum absolute atomic E-state index is 0.152. The molecule has 12 rings (SSSR count). The molecule has 2 aliphatic heterocycles. The first kappa shape index (κ1) is 34.1. The molecule has 2 aliphatic rings. The molecule has 6 heteroatoms. The quantitative estimate of drug-likeness (QED) is 0.151. The highest BCUT2D eigenvalue weighted by atomic mass is 16.5. The van der Waals surface area contributed by atoms with Gasteiger partial charge in [0, 0.05) is 68.2 Å². The first-order chi connectivity index (χ1) is 29.8. The van der Waals surface area contributed by atoms with E-state index in [1.165, 1.54) is 0 Å². The van der Waals surface area contributed by atoms with Crippen molar-refractivity contribution in [3.63, 3.8) is 0 Å². The zero-order valence-electron chi connectivity index (χ0n) is 32.5. The molecule has 0 amide bonds. The Hall–Kier alpha value is -7.96. The van der Waals surface area contributed by atoms with E-state index in [1.807, 2.05) is 0 Å². The summed E-state index contributed by atoms with van der Waals surface area (Å²) in [5, 5.41) is 2.21. The molecule has 1 aromatic heterocycles. The van der Waals surface area contributed by atoms with Gasteiger partial charge in [-0.1, -0.05) is 121 Å². The largest absolute Gasteiger partial charge is 0.458 e. The number of anilines is 6. The molecule has 0 atom stereocenters. The Labute approximate surface area is 348 Å². The van der Waals surface area contributed by atoms with Crippen LogP contribution in [0.3, 0.4) is 0 Å². The Morgan fingerprint density at radius 1 is 0.367 bits per heavy atom. The SMILES string of the molecule is c1ccc(N(c2ccccc2)c2ccc3c(c2)Oc2cc4c5ccccc5n(-c5ccccc5)c4c4c2B3c2ccc(N(c3ccccc3)c3ccccc3)cc2O4)cc1. The van der Waals surface area contributed by atoms with E-state index in [0.717, 1.165) is 101 Å². The van der Waals surface area contributed by atoms with Crippen LogP contribution in [0.4, 0.5) is 34.1 Å². The molecule has 60 heavy (non-hydrogen) atoms. The van der Waals surface area contributed by atoms with Crippen molar-refractivity contribution in [3.05, 3.63) is 218 Å². The molecule has 0 N–H and O–H groups in total. The summed E-state index contributed by atoms with van der Waals surface area (Å²) in [4.78, 5) is 4.57. The first-order valence-corrected chi connectivity index (χ1v) is 20.4. The van der Waals surface area contributed by atoms with Crippen molar-refractivity contribution >= 4 is 79.0 Å². The fourth-order valence-corrected chi connectivity index (χ4v) is 9.28. The highest BCUT2D eigenvalue weighted by molar-refractivity contribution is 6.98. The normalized spacial score (nSPS) is 12.2. The molecule has 0 radical (unpaired) electrons. The molecule has 0 fully saturated rings. The van der Waals surface area contributed by atoms with Crippen LogP contribution in [-0.2, 0) is 0 Å². The van der Waals surface area contributed by atoms with Gasteiger partial charge in [0.2, 0.25) is 0 Å². The molecule has 282 valence electrons. The number of para-hydroxylation sites is 6. The summed E-state index contributed by atoms with van der Waals surface area (Å²) in [6.45, 7) is -0.152. The van der Waals surface area contributed by atoms with Crippen molar-refractivity contribution in [2.24, 2.45) is 0 Å². The summed E-state index contributed by atoms with van der Waals surface area (Å²) in [7, 11) is 0. The van der Waals surface area contributed by atoms with Crippen molar-refractivity contribution < 1.29 is 9.47 Å². The van der Waals surface area contributed by atoms with E-state index in [4.69, 9.17) is 9.47 Å². The molecular formula is C54H36BN3O2. The maximum Gasteiger partial charge on any atom is 0.260 e. The Bertz CT molecular complexity index is 3120. The maximum absolute atomic E-state index is 7.35. The maximum atomic E-state index is 7.35. The van der Waals surface area contributed by atoms with Gasteiger partial charge in [-0.3, -0.25) is 0 Å². The van der Waals surface area contributed by atoms with Crippen LogP contribution < -0.4 is 35.7 Å². The molecule has 0 saturated carbocycles. The van der Waals surface area contributed by atoms with Gasteiger partial charge in [0.05, 0.1) is 11.0 Å². The van der Waals surface area contributed by atoms with E-state index in [0.29, 0.717) is 0 Å². The van der Waals surface area contributed by atoms with Crippen LogP contribution in [0.15, 0.2) is 218 Å². The number of fused-ring (bicyclic) bond motifs is 8. The zero-order valence-corrected chi connectivity index (χ0v) is 32.5. The summed E-state index contributed by atoms with van der Waals surface area (Å²) < 4.78 is 16.8. The van der Waals surface area contributed by atoms with Crippen LogP contribution in [0.1, 0.15) is 0 Å². The van der Waals surface area contributed by atoms with Crippen molar-refractivity contribution in [2.45, 2.75) is 0 Å². The zero-order chi connectivity index (χ0) is 39.6. The smallest absolute Gasteiger partial charge is 0.260 e. The highest BCUT2D eigenvalue weighted by Crippen LogP contribution is 2.47. The molecule has 0 bridgehead atoms. The molecule has 0 saturated heterocycles. The standard InChI is InChI=1S/C54H36BN3O2/c1-6-18-37(19-7-1)56(38-20-8-2-9-21-38)42-30-32-46-49(34-42)59-51-36-45-44-28-16-17-29-48(44)58(41-26-14-5-15-27-41)53(45)54-52(51)55(46)47-33-31-43(35-50(47)60-54)57(39-22-10-3-11-23-39)40-24-12-4-13-25-40/h1-36H. The average molecular weight is 770 g/mol. The number of aromatic nitrogens is 1. The molecule has 0 unspecified atom stereocenters. The van der Waals surface area contributed by atoms with E-state index in [2.05, 4.69) is 233 Å². The average Bonchev–Trinajstić information content (AvgIpc) is 3.65. The van der Waals surface area contributed by atoms with E-state index in [-0.39, 0.29) is 6.71 Å². The topological polar surface area (TPSA) is 29.9 Å².